The Morgan fingerprint density at radius 1 is 1.14 bits per heavy atom. The molecule has 0 radical (unpaired) electrons. The molecule has 116 valence electrons. The van der Waals surface area contributed by atoms with Crippen LogP contribution in [-0.2, 0) is 16.0 Å². The van der Waals surface area contributed by atoms with Crippen LogP contribution in [0.1, 0.15) is 38.3 Å². The number of benzene rings is 1. The maximum absolute atomic E-state index is 12.1. The van der Waals surface area contributed by atoms with E-state index in [1.807, 2.05) is 52.0 Å². The Labute approximate surface area is 126 Å². The summed E-state index contributed by atoms with van der Waals surface area (Å²) < 4.78 is 0. The van der Waals surface area contributed by atoms with Crippen LogP contribution in [0.2, 0.25) is 0 Å². The molecule has 0 aliphatic rings. The molecule has 0 heterocycles. The Morgan fingerprint density at radius 2 is 1.71 bits per heavy atom. The highest BCUT2D eigenvalue weighted by molar-refractivity contribution is 5.84. The number of rotatable bonds is 7. The van der Waals surface area contributed by atoms with Crippen LogP contribution in [-0.4, -0.2) is 23.0 Å². The number of amides is 1. The fraction of sp³-hybridized carbons (Fsp3) is 0.529. The van der Waals surface area contributed by atoms with Crippen molar-refractivity contribution in [1.29, 1.82) is 0 Å². The van der Waals surface area contributed by atoms with E-state index in [9.17, 15) is 9.59 Å². The molecule has 0 fully saturated rings. The van der Waals surface area contributed by atoms with E-state index in [-0.39, 0.29) is 17.7 Å². The molecule has 21 heavy (non-hydrogen) atoms. The molecule has 1 aromatic rings. The minimum absolute atomic E-state index is 0.205. The van der Waals surface area contributed by atoms with E-state index in [1.165, 1.54) is 5.56 Å². The maximum atomic E-state index is 12.1. The molecule has 0 spiro atoms. The fourth-order valence-corrected chi connectivity index (χ4v) is 2.18. The van der Waals surface area contributed by atoms with Gasteiger partial charge >= 0.3 is 5.97 Å². The van der Waals surface area contributed by atoms with Gasteiger partial charge in [0.2, 0.25) is 5.91 Å². The van der Waals surface area contributed by atoms with Gasteiger partial charge in [0, 0.05) is 5.92 Å². The van der Waals surface area contributed by atoms with Gasteiger partial charge in [-0.3, -0.25) is 4.79 Å². The summed E-state index contributed by atoms with van der Waals surface area (Å²) in [6.45, 7) is 7.72. The molecule has 1 amide bonds. The van der Waals surface area contributed by atoms with Gasteiger partial charge in [0.15, 0.2) is 0 Å². The van der Waals surface area contributed by atoms with Gasteiger partial charge in [0.05, 0.1) is 0 Å². The highest BCUT2D eigenvalue weighted by Gasteiger charge is 2.23. The average Bonchev–Trinajstić information content (AvgIpc) is 2.39. The number of aliphatic carboxylic acids is 1. The van der Waals surface area contributed by atoms with Crippen LogP contribution in [0, 0.1) is 18.8 Å². The summed E-state index contributed by atoms with van der Waals surface area (Å²) in [5.41, 5.74) is 2.26. The monoisotopic (exact) mass is 291 g/mol. The van der Waals surface area contributed by atoms with Crippen molar-refractivity contribution in [3.63, 3.8) is 0 Å². The summed E-state index contributed by atoms with van der Waals surface area (Å²) in [7, 11) is 0. The van der Waals surface area contributed by atoms with Crippen LogP contribution in [0.3, 0.4) is 0 Å². The SMILES string of the molecule is Cc1ccc(CC(C)C(=O)NC(CC(C)C)C(=O)O)cc1. The number of hydrogen-bond donors (Lipinski definition) is 2. The van der Waals surface area contributed by atoms with Crippen LogP contribution in [0.15, 0.2) is 24.3 Å². The molecule has 0 aliphatic carbocycles. The molecule has 1 aromatic carbocycles. The van der Waals surface area contributed by atoms with Crippen LogP contribution in [0.4, 0.5) is 0 Å². The van der Waals surface area contributed by atoms with Gasteiger partial charge in [-0.15, -0.1) is 0 Å². The molecule has 1 rings (SSSR count). The molecule has 4 nitrogen and oxygen atoms in total. The highest BCUT2D eigenvalue weighted by Crippen LogP contribution is 2.12. The first-order chi connectivity index (χ1) is 9.79. The molecule has 2 atom stereocenters. The fourth-order valence-electron chi connectivity index (χ4n) is 2.18. The summed E-state index contributed by atoms with van der Waals surface area (Å²) >= 11 is 0. The van der Waals surface area contributed by atoms with Gasteiger partial charge in [-0.1, -0.05) is 50.6 Å². The van der Waals surface area contributed by atoms with Crippen LogP contribution < -0.4 is 5.32 Å². The largest absolute Gasteiger partial charge is 0.480 e. The van der Waals surface area contributed by atoms with E-state index < -0.39 is 12.0 Å². The zero-order chi connectivity index (χ0) is 16.0. The molecule has 0 saturated heterocycles. The number of aryl methyl sites for hydroxylation is 1. The van der Waals surface area contributed by atoms with E-state index in [1.54, 1.807) is 0 Å². The second-order valence-corrected chi connectivity index (χ2v) is 6.12. The summed E-state index contributed by atoms with van der Waals surface area (Å²) in [6, 6.07) is 7.22. The number of hydrogen-bond acceptors (Lipinski definition) is 2. The lowest BCUT2D eigenvalue weighted by Crippen LogP contribution is -2.44. The summed E-state index contributed by atoms with van der Waals surface area (Å²) in [4.78, 5) is 23.3. The number of carbonyl (C=O) groups excluding carboxylic acids is 1. The number of carboxylic acid groups (broad SMARTS) is 1. The third-order valence-corrected chi connectivity index (χ3v) is 3.43. The predicted molar refractivity (Wildman–Crippen MR) is 83.1 cm³/mol. The van der Waals surface area contributed by atoms with E-state index in [0.717, 1.165) is 5.56 Å². The molecular formula is C17H25NO3. The third-order valence-electron chi connectivity index (χ3n) is 3.43. The number of nitrogens with one attached hydrogen (secondary N) is 1. The lowest BCUT2D eigenvalue weighted by Gasteiger charge is -2.19. The first kappa shape index (κ1) is 17.2. The number of carboxylic acids is 1. The minimum atomic E-state index is -0.973. The van der Waals surface area contributed by atoms with Crippen molar-refractivity contribution < 1.29 is 14.7 Å². The Hall–Kier alpha value is -1.84. The zero-order valence-electron chi connectivity index (χ0n) is 13.2. The molecule has 0 bridgehead atoms. The molecule has 0 saturated carbocycles. The zero-order valence-corrected chi connectivity index (χ0v) is 13.2. The van der Waals surface area contributed by atoms with Crippen molar-refractivity contribution >= 4 is 11.9 Å². The van der Waals surface area contributed by atoms with E-state index in [2.05, 4.69) is 5.32 Å². The number of carbonyl (C=O) groups is 2. The molecule has 4 heteroatoms. The smallest absolute Gasteiger partial charge is 0.326 e. The molecule has 2 unspecified atom stereocenters. The topological polar surface area (TPSA) is 66.4 Å². The Bertz CT molecular complexity index is 479. The van der Waals surface area contributed by atoms with Crippen molar-refractivity contribution in [3.05, 3.63) is 35.4 Å². The molecule has 2 N–H and O–H groups in total. The Morgan fingerprint density at radius 3 is 2.19 bits per heavy atom. The molecular weight excluding hydrogens is 266 g/mol. The highest BCUT2D eigenvalue weighted by atomic mass is 16.4. The lowest BCUT2D eigenvalue weighted by atomic mass is 9.98. The van der Waals surface area contributed by atoms with Gasteiger partial charge in [0.25, 0.3) is 0 Å². The quantitative estimate of drug-likeness (QED) is 0.812. The van der Waals surface area contributed by atoms with Crippen molar-refractivity contribution in [2.45, 2.75) is 46.6 Å². The van der Waals surface area contributed by atoms with Crippen LogP contribution in [0.5, 0.6) is 0 Å². The summed E-state index contributed by atoms with van der Waals surface area (Å²) in [5, 5.41) is 11.8. The average molecular weight is 291 g/mol. The standard InChI is InChI=1S/C17H25NO3/c1-11(2)9-15(17(20)21)18-16(19)13(4)10-14-7-5-12(3)6-8-14/h5-8,11,13,15H,9-10H2,1-4H3,(H,18,19)(H,20,21). The van der Waals surface area contributed by atoms with Crippen molar-refractivity contribution in [2.24, 2.45) is 11.8 Å². The lowest BCUT2D eigenvalue weighted by molar-refractivity contribution is -0.142. The van der Waals surface area contributed by atoms with Crippen molar-refractivity contribution in [1.82, 2.24) is 5.32 Å². The van der Waals surface area contributed by atoms with E-state index in [4.69, 9.17) is 5.11 Å². The predicted octanol–water partition coefficient (Wildman–Crippen LogP) is 2.79. The summed E-state index contributed by atoms with van der Waals surface area (Å²) in [6.07, 6.45) is 1.05. The second-order valence-electron chi connectivity index (χ2n) is 6.12. The van der Waals surface area contributed by atoms with E-state index in [0.29, 0.717) is 12.8 Å². The first-order valence-electron chi connectivity index (χ1n) is 7.38. The van der Waals surface area contributed by atoms with Gasteiger partial charge in [-0.25, -0.2) is 4.79 Å². The van der Waals surface area contributed by atoms with Gasteiger partial charge in [-0.05, 0) is 31.2 Å². The van der Waals surface area contributed by atoms with Gasteiger partial charge in [0.1, 0.15) is 6.04 Å². The first-order valence-corrected chi connectivity index (χ1v) is 7.38. The van der Waals surface area contributed by atoms with Crippen LogP contribution in [0.25, 0.3) is 0 Å². The summed E-state index contributed by atoms with van der Waals surface area (Å²) in [5.74, 6) is -1.20. The van der Waals surface area contributed by atoms with Crippen molar-refractivity contribution in [3.8, 4) is 0 Å². The normalized spacial score (nSPS) is 13.8. The Kier molecular flexibility index (Phi) is 6.40. The molecule has 0 aromatic heterocycles. The van der Waals surface area contributed by atoms with Gasteiger partial charge < -0.3 is 10.4 Å². The minimum Gasteiger partial charge on any atom is -0.480 e. The van der Waals surface area contributed by atoms with Crippen molar-refractivity contribution in [2.75, 3.05) is 0 Å². The maximum Gasteiger partial charge on any atom is 0.326 e. The molecule has 0 aliphatic heterocycles. The Balaban J connectivity index is 2.60. The van der Waals surface area contributed by atoms with Gasteiger partial charge in [-0.2, -0.15) is 0 Å². The van der Waals surface area contributed by atoms with Crippen LogP contribution >= 0.6 is 0 Å². The third kappa shape index (κ3) is 5.98. The second kappa shape index (κ2) is 7.81. The van der Waals surface area contributed by atoms with E-state index >= 15 is 0 Å².